The zero-order chi connectivity index (χ0) is 25.3. The van der Waals surface area contributed by atoms with Crippen molar-refractivity contribution in [2.24, 2.45) is 0 Å². The van der Waals surface area contributed by atoms with E-state index in [0.717, 1.165) is 37.0 Å². The van der Waals surface area contributed by atoms with Crippen LogP contribution < -0.4 is 9.47 Å². The minimum Gasteiger partial charge on any atom is -0.507 e. The third-order valence-corrected chi connectivity index (χ3v) is 6.92. The molecule has 1 heterocycles. The largest absolute Gasteiger partial charge is 0.507 e. The number of Topliss-reactive ketones (excluding diaryl/α,β-unsaturated/α-hetero) is 1. The van der Waals surface area contributed by atoms with E-state index in [-0.39, 0.29) is 29.0 Å². The number of hydrogen-bond acceptors (Lipinski definition) is 6. The van der Waals surface area contributed by atoms with Gasteiger partial charge in [-0.25, -0.2) is 0 Å². The fourth-order valence-electron chi connectivity index (χ4n) is 5.20. The number of carbonyl (C=O) groups is 2. The van der Waals surface area contributed by atoms with Crippen LogP contribution in [0, 0.1) is 0 Å². The molecule has 1 amide bonds. The van der Waals surface area contributed by atoms with Crippen molar-refractivity contribution >= 4 is 17.4 Å². The van der Waals surface area contributed by atoms with Crippen LogP contribution in [0.2, 0.25) is 0 Å². The maximum Gasteiger partial charge on any atom is 0.295 e. The van der Waals surface area contributed by atoms with Gasteiger partial charge in [0.15, 0.2) is 11.5 Å². The van der Waals surface area contributed by atoms with Crippen LogP contribution >= 0.6 is 0 Å². The number of nitrogens with zero attached hydrogens (tertiary/aromatic N) is 1. The molecule has 1 atom stereocenters. The lowest BCUT2D eigenvalue weighted by Gasteiger charge is -2.31. The average Bonchev–Trinajstić information content (AvgIpc) is 3.45. The lowest BCUT2D eigenvalue weighted by molar-refractivity contribution is -0.141. The van der Waals surface area contributed by atoms with E-state index in [9.17, 15) is 19.8 Å². The second-order valence-electron chi connectivity index (χ2n) is 9.42. The number of aliphatic hydroxyl groups excluding tert-OH is 1. The van der Waals surface area contributed by atoms with Gasteiger partial charge in [0.05, 0.1) is 25.3 Å². The number of phenols is 1. The van der Waals surface area contributed by atoms with Crippen molar-refractivity contribution in [2.75, 3.05) is 13.7 Å². The van der Waals surface area contributed by atoms with Gasteiger partial charge in [0.25, 0.3) is 11.7 Å². The zero-order valence-corrected chi connectivity index (χ0v) is 20.7. The maximum absolute atomic E-state index is 13.3. The highest BCUT2D eigenvalue weighted by molar-refractivity contribution is 6.46. The number of amides is 1. The Balaban J connectivity index is 1.89. The summed E-state index contributed by atoms with van der Waals surface area (Å²) in [5, 5.41) is 21.9. The molecule has 4 rings (SSSR count). The molecule has 1 saturated heterocycles. The summed E-state index contributed by atoms with van der Waals surface area (Å²) in [4.78, 5) is 28.2. The Bertz CT molecular complexity index is 1160. The molecule has 1 saturated carbocycles. The third-order valence-electron chi connectivity index (χ3n) is 6.92. The first kappa shape index (κ1) is 24.6. The molecule has 2 aliphatic rings. The van der Waals surface area contributed by atoms with Gasteiger partial charge in [0, 0.05) is 11.6 Å². The Morgan fingerprint density at radius 2 is 1.77 bits per heavy atom. The van der Waals surface area contributed by atoms with Crippen molar-refractivity contribution in [3.05, 3.63) is 58.7 Å². The summed E-state index contributed by atoms with van der Waals surface area (Å²) < 4.78 is 10.9. The lowest BCUT2D eigenvalue weighted by Crippen LogP contribution is -2.37. The molecule has 7 heteroatoms. The molecular formula is C28H33NO6. The summed E-state index contributed by atoms with van der Waals surface area (Å²) in [6.45, 7) is 6.48. The summed E-state index contributed by atoms with van der Waals surface area (Å²) in [6.07, 6.45) is 3.55. The number of phenolic OH excluding ortho intramolecular Hbond substituents is 1. The van der Waals surface area contributed by atoms with Crippen molar-refractivity contribution < 1.29 is 29.3 Å². The molecule has 2 fully saturated rings. The van der Waals surface area contributed by atoms with E-state index in [1.165, 1.54) is 13.2 Å². The second-order valence-corrected chi connectivity index (χ2v) is 9.42. The lowest BCUT2D eigenvalue weighted by atomic mass is 9.92. The van der Waals surface area contributed by atoms with Gasteiger partial charge < -0.3 is 24.6 Å². The van der Waals surface area contributed by atoms with Crippen LogP contribution in [0.25, 0.3) is 5.76 Å². The molecular weight excluding hydrogens is 446 g/mol. The molecule has 1 aliphatic carbocycles. The summed E-state index contributed by atoms with van der Waals surface area (Å²) in [6, 6.07) is 9.24. The number of ketones is 1. The summed E-state index contributed by atoms with van der Waals surface area (Å²) >= 11 is 0. The minimum atomic E-state index is -0.802. The Kier molecular flexibility index (Phi) is 7.05. The number of aliphatic hydroxyl groups is 1. The quantitative estimate of drug-likeness (QED) is 0.318. The van der Waals surface area contributed by atoms with Crippen molar-refractivity contribution in [2.45, 2.75) is 64.5 Å². The highest BCUT2D eigenvalue weighted by Gasteiger charge is 2.49. The SMILES string of the molecule is CCOc1ccc(/C(O)=C2/C(=O)C(=O)N(C3CCCC3)C2c2ccc(OC)c(O)c2)cc1C(C)C. The minimum absolute atomic E-state index is 0.0327. The first-order chi connectivity index (χ1) is 16.8. The number of ether oxygens (including phenoxy) is 2. The summed E-state index contributed by atoms with van der Waals surface area (Å²) in [5.74, 6) is -0.510. The molecule has 0 radical (unpaired) electrons. The normalized spacial score (nSPS) is 20.1. The van der Waals surface area contributed by atoms with Crippen LogP contribution in [-0.2, 0) is 9.59 Å². The van der Waals surface area contributed by atoms with Crippen LogP contribution in [-0.4, -0.2) is 46.6 Å². The van der Waals surface area contributed by atoms with Crippen molar-refractivity contribution in [1.82, 2.24) is 4.90 Å². The number of aromatic hydroxyl groups is 1. The fourth-order valence-corrected chi connectivity index (χ4v) is 5.20. The van der Waals surface area contributed by atoms with Crippen molar-refractivity contribution in [3.8, 4) is 17.2 Å². The highest BCUT2D eigenvalue weighted by Crippen LogP contribution is 2.45. The number of methoxy groups -OCH3 is 1. The number of rotatable bonds is 7. The van der Waals surface area contributed by atoms with Gasteiger partial charge in [-0.1, -0.05) is 32.8 Å². The molecule has 1 aliphatic heterocycles. The maximum atomic E-state index is 13.3. The molecule has 7 nitrogen and oxygen atoms in total. The van der Waals surface area contributed by atoms with Gasteiger partial charge >= 0.3 is 0 Å². The Morgan fingerprint density at radius 3 is 2.37 bits per heavy atom. The third kappa shape index (κ3) is 4.47. The van der Waals surface area contributed by atoms with Crippen molar-refractivity contribution in [3.63, 3.8) is 0 Å². The van der Waals surface area contributed by atoms with Gasteiger partial charge in [-0.05, 0) is 67.1 Å². The topological polar surface area (TPSA) is 96.3 Å². The number of carbonyl (C=O) groups excluding carboxylic acids is 2. The summed E-state index contributed by atoms with van der Waals surface area (Å²) in [5.41, 5.74) is 1.93. The van der Waals surface area contributed by atoms with Gasteiger partial charge in [0.1, 0.15) is 11.5 Å². The van der Waals surface area contributed by atoms with Crippen LogP contribution in [0.1, 0.15) is 75.1 Å². The molecule has 1 unspecified atom stereocenters. The van der Waals surface area contributed by atoms with Crippen LogP contribution in [0.3, 0.4) is 0 Å². The van der Waals surface area contributed by atoms with Gasteiger partial charge in [-0.3, -0.25) is 9.59 Å². The van der Waals surface area contributed by atoms with E-state index in [0.29, 0.717) is 23.5 Å². The number of likely N-dealkylation sites (tertiary alicyclic amines) is 1. The molecule has 2 N–H and O–H groups in total. The monoisotopic (exact) mass is 479 g/mol. The molecule has 0 aromatic heterocycles. The zero-order valence-electron chi connectivity index (χ0n) is 20.7. The first-order valence-electron chi connectivity index (χ1n) is 12.2. The van der Waals surface area contributed by atoms with Crippen LogP contribution in [0.5, 0.6) is 17.2 Å². The van der Waals surface area contributed by atoms with Crippen molar-refractivity contribution in [1.29, 1.82) is 0 Å². The van der Waals surface area contributed by atoms with Crippen LogP contribution in [0.4, 0.5) is 0 Å². The summed E-state index contributed by atoms with van der Waals surface area (Å²) in [7, 11) is 1.46. The smallest absolute Gasteiger partial charge is 0.295 e. The molecule has 2 aromatic carbocycles. The highest BCUT2D eigenvalue weighted by atomic mass is 16.5. The number of hydrogen-bond donors (Lipinski definition) is 2. The van der Waals surface area contributed by atoms with Gasteiger partial charge in [-0.15, -0.1) is 0 Å². The standard InChI is InChI=1S/C28H33NO6/c1-5-35-22-12-11-18(14-20(22)16(2)3)26(31)24-25(17-10-13-23(34-4)21(30)15-17)29(28(33)27(24)32)19-8-6-7-9-19/h10-16,19,25,30-31H,5-9H2,1-4H3/b26-24-. The van der Waals surface area contributed by atoms with Gasteiger partial charge in [0.2, 0.25) is 0 Å². The molecule has 0 bridgehead atoms. The van der Waals surface area contributed by atoms with Crippen LogP contribution in [0.15, 0.2) is 42.0 Å². The second kappa shape index (κ2) is 10.0. The fraction of sp³-hybridized carbons (Fsp3) is 0.429. The predicted molar refractivity (Wildman–Crippen MR) is 133 cm³/mol. The Morgan fingerprint density at radius 1 is 1.09 bits per heavy atom. The average molecular weight is 480 g/mol. The van der Waals surface area contributed by atoms with E-state index >= 15 is 0 Å². The molecule has 186 valence electrons. The van der Waals surface area contributed by atoms with Gasteiger partial charge in [-0.2, -0.15) is 0 Å². The van der Waals surface area contributed by atoms with E-state index in [2.05, 4.69) is 0 Å². The van der Waals surface area contributed by atoms with E-state index in [4.69, 9.17) is 9.47 Å². The number of benzene rings is 2. The molecule has 35 heavy (non-hydrogen) atoms. The van der Waals surface area contributed by atoms with E-state index in [1.54, 1.807) is 29.2 Å². The van der Waals surface area contributed by atoms with E-state index in [1.807, 2.05) is 26.8 Å². The molecule has 2 aromatic rings. The first-order valence-corrected chi connectivity index (χ1v) is 12.2. The van der Waals surface area contributed by atoms with E-state index < -0.39 is 17.7 Å². The predicted octanol–water partition coefficient (Wildman–Crippen LogP) is 5.29. The Labute approximate surface area is 206 Å². The Hall–Kier alpha value is -3.48. The molecule has 0 spiro atoms.